The summed E-state index contributed by atoms with van der Waals surface area (Å²) in [4.78, 5) is 31.9. The van der Waals surface area contributed by atoms with E-state index in [2.05, 4.69) is 5.32 Å². The van der Waals surface area contributed by atoms with Gasteiger partial charge in [-0.25, -0.2) is 4.79 Å². The van der Waals surface area contributed by atoms with Gasteiger partial charge in [0.15, 0.2) is 5.69 Å². The van der Waals surface area contributed by atoms with Crippen molar-refractivity contribution in [2.45, 2.75) is 39.3 Å². The van der Waals surface area contributed by atoms with E-state index in [9.17, 15) is 30.1 Å². The van der Waals surface area contributed by atoms with Crippen LogP contribution in [0, 0.1) is 27.2 Å². The number of aliphatic hydroxyl groups is 1. The molecule has 126 valence electrons. The van der Waals surface area contributed by atoms with Crippen LogP contribution < -0.4 is 5.32 Å². The van der Waals surface area contributed by atoms with Crippen molar-refractivity contribution in [3.05, 3.63) is 37.4 Å². The number of anilines is 1. The highest BCUT2D eigenvalue weighted by Crippen LogP contribution is 2.40. The third-order valence-electron chi connectivity index (χ3n) is 3.49. The van der Waals surface area contributed by atoms with Gasteiger partial charge in [-0.3, -0.25) is 20.2 Å². The second-order valence-electron chi connectivity index (χ2n) is 5.01. The topological polar surface area (TPSA) is 156 Å². The molecule has 2 unspecified atom stereocenters. The van der Waals surface area contributed by atoms with Crippen molar-refractivity contribution in [2.75, 3.05) is 5.32 Å². The fourth-order valence-electron chi connectivity index (χ4n) is 2.24. The molecule has 1 aromatic rings. The summed E-state index contributed by atoms with van der Waals surface area (Å²) < 4.78 is 0. The Morgan fingerprint density at radius 1 is 1.35 bits per heavy atom. The van der Waals surface area contributed by atoms with Gasteiger partial charge in [0.1, 0.15) is 0 Å². The smallest absolute Gasteiger partial charge is 0.336 e. The highest BCUT2D eigenvalue weighted by Gasteiger charge is 2.33. The number of nitrogens with zero attached hydrogens (tertiary/aromatic N) is 2. The molecule has 23 heavy (non-hydrogen) atoms. The van der Waals surface area contributed by atoms with Gasteiger partial charge in [-0.05, 0) is 20.3 Å². The van der Waals surface area contributed by atoms with E-state index in [-0.39, 0.29) is 5.56 Å². The normalized spacial score (nSPS) is 13.2. The summed E-state index contributed by atoms with van der Waals surface area (Å²) >= 11 is 0. The van der Waals surface area contributed by atoms with Gasteiger partial charge in [-0.1, -0.05) is 6.92 Å². The van der Waals surface area contributed by atoms with Gasteiger partial charge in [0, 0.05) is 11.6 Å². The largest absolute Gasteiger partial charge is 0.478 e. The first-order chi connectivity index (χ1) is 10.6. The molecule has 3 N–H and O–H groups in total. The number of carbonyl (C=O) groups is 1. The number of nitrogens with one attached hydrogen (secondary N) is 1. The average Bonchev–Trinajstić information content (AvgIpc) is 2.42. The quantitative estimate of drug-likeness (QED) is 0.507. The monoisotopic (exact) mass is 327 g/mol. The number of aromatic carboxylic acids is 1. The van der Waals surface area contributed by atoms with E-state index in [1.165, 1.54) is 13.8 Å². The molecule has 1 aromatic carbocycles. The minimum Gasteiger partial charge on any atom is -0.478 e. The maximum absolute atomic E-state index is 11.3. The lowest BCUT2D eigenvalue weighted by Gasteiger charge is -2.21. The molecule has 10 heteroatoms. The second-order valence-corrected chi connectivity index (χ2v) is 5.01. The lowest BCUT2D eigenvalue weighted by atomic mass is 10.0. The van der Waals surface area contributed by atoms with Gasteiger partial charge >= 0.3 is 11.7 Å². The Balaban J connectivity index is 3.70. The Labute approximate surface area is 131 Å². The predicted molar refractivity (Wildman–Crippen MR) is 80.8 cm³/mol. The SMILES string of the molecule is CCC(Nc1c([N+](=O)[O-])cc(C(=O)O)c(C)c1[N+](=O)[O-])C(C)O. The van der Waals surface area contributed by atoms with Crippen LogP contribution in [0.15, 0.2) is 6.07 Å². The molecule has 0 spiro atoms. The van der Waals surface area contributed by atoms with Gasteiger partial charge in [0.2, 0.25) is 0 Å². The van der Waals surface area contributed by atoms with Gasteiger partial charge in [0.05, 0.1) is 27.6 Å². The highest BCUT2D eigenvalue weighted by atomic mass is 16.6. The fraction of sp³-hybridized carbons (Fsp3) is 0.462. The molecule has 1 rings (SSSR count). The number of nitro groups is 2. The lowest BCUT2D eigenvalue weighted by molar-refractivity contribution is -0.392. The minimum absolute atomic E-state index is 0.198. The zero-order valence-electron chi connectivity index (χ0n) is 12.8. The molecule has 0 amide bonds. The van der Waals surface area contributed by atoms with Crippen LogP contribution in [0.5, 0.6) is 0 Å². The number of nitro benzene ring substituents is 2. The van der Waals surface area contributed by atoms with Crippen LogP contribution in [0.4, 0.5) is 17.1 Å². The summed E-state index contributed by atoms with van der Waals surface area (Å²) in [6.45, 7) is 4.34. The molecular weight excluding hydrogens is 310 g/mol. The van der Waals surface area contributed by atoms with Crippen LogP contribution in [0.2, 0.25) is 0 Å². The Kier molecular flexibility index (Phi) is 5.57. The minimum atomic E-state index is -1.50. The zero-order chi connectivity index (χ0) is 17.9. The molecule has 0 aliphatic rings. The fourth-order valence-corrected chi connectivity index (χ4v) is 2.24. The molecule has 0 saturated heterocycles. The maximum Gasteiger partial charge on any atom is 0.336 e. The van der Waals surface area contributed by atoms with E-state index < -0.39 is 50.6 Å². The van der Waals surface area contributed by atoms with Gasteiger partial charge in [0.25, 0.3) is 5.69 Å². The standard InChI is InChI=1S/C13H17N3O7/c1-4-9(7(3)17)14-11-10(15(20)21)5-8(13(18)19)6(2)12(11)16(22)23/h5,7,9,14,17H,4H2,1-3H3,(H,18,19). The average molecular weight is 327 g/mol. The van der Waals surface area contributed by atoms with Crippen molar-refractivity contribution in [3.63, 3.8) is 0 Å². The molecule has 0 aromatic heterocycles. The number of aliphatic hydroxyl groups excluding tert-OH is 1. The lowest BCUT2D eigenvalue weighted by Crippen LogP contribution is -2.31. The first-order valence-corrected chi connectivity index (χ1v) is 6.76. The molecule has 0 bridgehead atoms. The van der Waals surface area contributed by atoms with Crippen LogP contribution in [-0.4, -0.2) is 38.2 Å². The first kappa shape index (κ1) is 18.3. The van der Waals surface area contributed by atoms with Crippen molar-refractivity contribution >= 4 is 23.0 Å². The molecule has 0 radical (unpaired) electrons. The molecule has 2 atom stereocenters. The predicted octanol–water partition coefficient (Wildman–Crippen LogP) is 2.08. The summed E-state index contributed by atoms with van der Waals surface area (Å²) in [7, 11) is 0. The number of benzene rings is 1. The Bertz CT molecular complexity index is 657. The van der Waals surface area contributed by atoms with E-state index in [1.807, 2.05) is 0 Å². The third kappa shape index (κ3) is 3.72. The summed E-state index contributed by atoms with van der Waals surface area (Å²) in [6, 6.07) is 0.115. The molecule has 0 aliphatic carbocycles. The summed E-state index contributed by atoms with van der Waals surface area (Å²) in [5, 5.41) is 43.9. The molecule has 10 nitrogen and oxygen atoms in total. The molecule has 0 heterocycles. The van der Waals surface area contributed by atoms with Gasteiger partial charge < -0.3 is 15.5 Å². The van der Waals surface area contributed by atoms with E-state index in [0.29, 0.717) is 6.42 Å². The van der Waals surface area contributed by atoms with Crippen LogP contribution in [-0.2, 0) is 0 Å². The van der Waals surface area contributed by atoms with E-state index >= 15 is 0 Å². The van der Waals surface area contributed by atoms with Gasteiger partial charge in [-0.2, -0.15) is 0 Å². The number of hydrogen-bond acceptors (Lipinski definition) is 7. The molecular formula is C13H17N3O7. The first-order valence-electron chi connectivity index (χ1n) is 6.76. The van der Waals surface area contributed by atoms with Crippen LogP contribution >= 0.6 is 0 Å². The second kappa shape index (κ2) is 7.01. The van der Waals surface area contributed by atoms with Crippen LogP contribution in [0.3, 0.4) is 0 Å². The summed E-state index contributed by atoms with van der Waals surface area (Å²) in [5.41, 5.74) is -2.53. The number of carboxylic acids is 1. The van der Waals surface area contributed by atoms with Crippen molar-refractivity contribution in [1.82, 2.24) is 0 Å². The Hall–Kier alpha value is -2.75. The summed E-state index contributed by atoms with van der Waals surface area (Å²) in [6.07, 6.45) is -0.565. The van der Waals surface area contributed by atoms with Crippen molar-refractivity contribution in [2.24, 2.45) is 0 Å². The van der Waals surface area contributed by atoms with Crippen molar-refractivity contribution in [3.8, 4) is 0 Å². The zero-order valence-corrected chi connectivity index (χ0v) is 12.8. The summed E-state index contributed by atoms with van der Waals surface area (Å²) in [5.74, 6) is -1.50. The number of hydrogen-bond donors (Lipinski definition) is 3. The molecule has 0 aliphatic heterocycles. The van der Waals surface area contributed by atoms with E-state index in [0.717, 1.165) is 6.07 Å². The Morgan fingerprint density at radius 3 is 2.26 bits per heavy atom. The van der Waals surface area contributed by atoms with Gasteiger partial charge in [-0.15, -0.1) is 0 Å². The Morgan fingerprint density at radius 2 is 1.91 bits per heavy atom. The highest BCUT2D eigenvalue weighted by molar-refractivity contribution is 5.95. The molecule has 0 fully saturated rings. The van der Waals surface area contributed by atoms with Crippen LogP contribution in [0.25, 0.3) is 0 Å². The van der Waals surface area contributed by atoms with Crippen LogP contribution in [0.1, 0.15) is 36.2 Å². The molecule has 0 saturated carbocycles. The number of rotatable bonds is 7. The third-order valence-corrected chi connectivity index (χ3v) is 3.49. The van der Waals surface area contributed by atoms with Crippen molar-refractivity contribution in [1.29, 1.82) is 0 Å². The van der Waals surface area contributed by atoms with E-state index in [1.54, 1.807) is 6.92 Å². The van der Waals surface area contributed by atoms with Crippen molar-refractivity contribution < 1.29 is 24.9 Å². The number of carboxylic acid groups (broad SMARTS) is 1. The van der Waals surface area contributed by atoms with E-state index in [4.69, 9.17) is 5.11 Å². The maximum atomic E-state index is 11.3.